The third-order valence-electron chi connectivity index (χ3n) is 2.00. The number of hydrogen-bond donors (Lipinski definition) is 3. The van der Waals surface area contributed by atoms with Crippen molar-refractivity contribution in [1.82, 2.24) is 10.9 Å². The summed E-state index contributed by atoms with van der Waals surface area (Å²) in [6.07, 6.45) is 0. The Hall–Kier alpha value is -0.840. The third-order valence-corrected chi connectivity index (χ3v) is 2.10. The lowest BCUT2D eigenvalue weighted by atomic mass is 9.82. The summed E-state index contributed by atoms with van der Waals surface area (Å²) in [6, 6.07) is 0. The molecule has 13 heavy (non-hydrogen) atoms. The highest BCUT2D eigenvalue weighted by Gasteiger charge is 2.26. The third kappa shape index (κ3) is 4.67. The molecule has 0 fully saturated rings. The molecule has 5 heteroatoms. The molecule has 0 aliphatic rings. The van der Waals surface area contributed by atoms with Crippen LogP contribution in [0.4, 0.5) is 0 Å². The van der Waals surface area contributed by atoms with Crippen molar-refractivity contribution in [2.75, 3.05) is 0 Å². The van der Waals surface area contributed by atoms with Gasteiger partial charge in [-0.25, -0.2) is 0 Å². The molecule has 76 valence electrons. The summed E-state index contributed by atoms with van der Waals surface area (Å²) >= 11 is 4.55. The van der Waals surface area contributed by atoms with Crippen LogP contribution in [0.2, 0.25) is 0 Å². The first-order chi connectivity index (χ1) is 5.75. The van der Waals surface area contributed by atoms with Gasteiger partial charge >= 0.3 is 0 Å². The van der Waals surface area contributed by atoms with E-state index >= 15 is 0 Å². The van der Waals surface area contributed by atoms with Crippen molar-refractivity contribution in [3.63, 3.8) is 0 Å². The number of hydrazine groups is 1. The van der Waals surface area contributed by atoms with Crippen LogP contribution in [-0.2, 0) is 4.79 Å². The quantitative estimate of drug-likeness (QED) is 0.430. The Bertz CT molecular complexity index is 210. The summed E-state index contributed by atoms with van der Waals surface area (Å²) in [5, 5.41) is 0.0643. The van der Waals surface area contributed by atoms with Crippen LogP contribution in [0.25, 0.3) is 0 Å². The summed E-state index contributed by atoms with van der Waals surface area (Å²) in [4.78, 5) is 11.4. The Labute approximate surface area is 84.2 Å². The minimum Gasteiger partial charge on any atom is -0.375 e. The van der Waals surface area contributed by atoms with E-state index < -0.39 is 0 Å². The molecule has 0 aromatic carbocycles. The number of carbonyl (C=O) groups excluding carboxylic acids is 1. The molecule has 1 atom stereocenters. The topological polar surface area (TPSA) is 67.2 Å². The van der Waals surface area contributed by atoms with E-state index in [-0.39, 0.29) is 22.4 Å². The summed E-state index contributed by atoms with van der Waals surface area (Å²) < 4.78 is 0. The largest absolute Gasteiger partial charge is 0.375 e. The van der Waals surface area contributed by atoms with Crippen LogP contribution in [0.3, 0.4) is 0 Å². The van der Waals surface area contributed by atoms with E-state index in [1.165, 1.54) is 0 Å². The smallest absolute Gasteiger partial charge is 0.241 e. The molecule has 0 heterocycles. The van der Waals surface area contributed by atoms with Crippen LogP contribution < -0.4 is 16.6 Å². The SMILES string of the molecule is CC(C(=O)NNC(N)=S)C(C)(C)C. The van der Waals surface area contributed by atoms with E-state index in [1.54, 1.807) is 0 Å². The molecule has 0 bridgehead atoms. The first kappa shape index (κ1) is 12.2. The monoisotopic (exact) mass is 203 g/mol. The van der Waals surface area contributed by atoms with E-state index in [4.69, 9.17) is 5.73 Å². The number of amides is 1. The van der Waals surface area contributed by atoms with Crippen LogP contribution in [0.5, 0.6) is 0 Å². The molecule has 1 amide bonds. The predicted octanol–water partition coefficient (Wildman–Crippen LogP) is 0.533. The Kier molecular flexibility index (Phi) is 4.13. The average Bonchev–Trinajstić information content (AvgIpc) is 1.96. The fraction of sp³-hybridized carbons (Fsp3) is 0.750. The van der Waals surface area contributed by atoms with Gasteiger partial charge in [0, 0.05) is 5.92 Å². The number of hydrogen-bond acceptors (Lipinski definition) is 2. The Balaban J connectivity index is 4.05. The van der Waals surface area contributed by atoms with Crippen molar-refractivity contribution in [2.45, 2.75) is 27.7 Å². The highest BCUT2D eigenvalue weighted by atomic mass is 32.1. The van der Waals surface area contributed by atoms with E-state index in [0.717, 1.165) is 0 Å². The second-order valence-electron chi connectivity index (χ2n) is 4.07. The summed E-state index contributed by atoms with van der Waals surface area (Å²) in [6.45, 7) is 7.85. The molecular formula is C8H17N3OS. The molecule has 4 nitrogen and oxygen atoms in total. The first-order valence-electron chi connectivity index (χ1n) is 4.10. The van der Waals surface area contributed by atoms with Gasteiger partial charge in [0.15, 0.2) is 5.11 Å². The van der Waals surface area contributed by atoms with Crippen molar-refractivity contribution in [3.05, 3.63) is 0 Å². The van der Waals surface area contributed by atoms with E-state index in [0.29, 0.717) is 0 Å². The molecule has 0 aromatic rings. The summed E-state index contributed by atoms with van der Waals surface area (Å²) in [7, 11) is 0. The summed E-state index contributed by atoms with van der Waals surface area (Å²) in [5.41, 5.74) is 9.93. The zero-order valence-corrected chi connectivity index (χ0v) is 9.29. The van der Waals surface area contributed by atoms with Crippen molar-refractivity contribution in [2.24, 2.45) is 17.1 Å². The Morgan fingerprint density at radius 3 is 2.15 bits per heavy atom. The second kappa shape index (κ2) is 4.41. The molecule has 0 aromatic heterocycles. The number of carbonyl (C=O) groups is 1. The van der Waals surface area contributed by atoms with Crippen LogP contribution in [0, 0.1) is 11.3 Å². The van der Waals surface area contributed by atoms with Gasteiger partial charge in [-0.2, -0.15) is 0 Å². The molecule has 0 saturated carbocycles. The molecule has 0 rings (SSSR count). The summed E-state index contributed by atoms with van der Waals surface area (Å²) in [5.74, 6) is -0.213. The predicted molar refractivity (Wildman–Crippen MR) is 56.7 cm³/mol. The van der Waals surface area contributed by atoms with Gasteiger partial charge < -0.3 is 5.73 Å². The molecule has 0 saturated heterocycles. The Morgan fingerprint density at radius 2 is 1.85 bits per heavy atom. The maximum Gasteiger partial charge on any atom is 0.241 e. The van der Waals surface area contributed by atoms with E-state index in [1.807, 2.05) is 27.7 Å². The van der Waals surface area contributed by atoms with Crippen LogP contribution in [-0.4, -0.2) is 11.0 Å². The van der Waals surface area contributed by atoms with Crippen LogP contribution in [0.1, 0.15) is 27.7 Å². The molecule has 4 N–H and O–H groups in total. The minimum absolute atomic E-state index is 0.0643. The Morgan fingerprint density at radius 1 is 1.38 bits per heavy atom. The lowest BCUT2D eigenvalue weighted by Gasteiger charge is -2.25. The lowest BCUT2D eigenvalue weighted by molar-refractivity contribution is -0.128. The van der Waals surface area contributed by atoms with Crippen molar-refractivity contribution in [3.8, 4) is 0 Å². The number of thiocarbonyl (C=S) groups is 1. The second-order valence-corrected chi connectivity index (χ2v) is 4.51. The molecule has 0 radical (unpaired) electrons. The number of rotatable bonds is 1. The van der Waals surface area contributed by atoms with Crippen LogP contribution >= 0.6 is 12.2 Å². The van der Waals surface area contributed by atoms with E-state index in [9.17, 15) is 4.79 Å². The molecular weight excluding hydrogens is 186 g/mol. The molecule has 0 aliphatic heterocycles. The van der Waals surface area contributed by atoms with Gasteiger partial charge in [-0.1, -0.05) is 27.7 Å². The highest BCUT2D eigenvalue weighted by Crippen LogP contribution is 2.24. The van der Waals surface area contributed by atoms with Gasteiger partial charge in [0.05, 0.1) is 0 Å². The number of nitrogens with two attached hydrogens (primary N) is 1. The minimum atomic E-state index is -0.111. The zero-order chi connectivity index (χ0) is 10.6. The van der Waals surface area contributed by atoms with Gasteiger partial charge in [-0.15, -0.1) is 0 Å². The lowest BCUT2D eigenvalue weighted by Crippen LogP contribution is -2.48. The zero-order valence-electron chi connectivity index (χ0n) is 8.47. The van der Waals surface area contributed by atoms with E-state index in [2.05, 4.69) is 23.1 Å². The van der Waals surface area contributed by atoms with Crippen LogP contribution in [0.15, 0.2) is 0 Å². The fourth-order valence-electron chi connectivity index (χ4n) is 0.625. The van der Waals surface area contributed by atoms with Gasteiger partial charge in [-0.3, -0.25) is 15.6 Å². The van der Waals surface area contributed by atoms with Gasteiger partial charge in [0.2, 0.25) is 5.91 Å². The normalized spacial score (nSPS) is 13.2. The van der Waals surface area contributed by atoms with Crippen molar-refractivity contribution >= 4 is 23.2 Å². The van der Waals surface area contributed by atoms with Crippen molar-refractivity contribution < 1.29 is 4.79 Å². The standard InChI is InChI=1S/C8H17N3OS/c1-5(8(2,3)4)6(12)10-11-7(9)13/h5H,1-4H3,(H,10,12)(H3,9,11,13). The fourth-order valence-corrected chi connectivity index (χ4v) is 0.676. The maximum absolute atomic E-state index is 11.4. The highest BCUT2D eigenvalue weighted by molar-refractivity contribution is 7.80. The molecule has 0 aliphatic carbocycles. The maximum atomic E-state index is 11.4. The average molecular weight is 203 g/mol. The first-order valence-corrected chi connectivity index (χ1v) is 4.51. The number of nitrogens with one attached hydrogen (secondary N) is 2. The molecule has 0 spiro atoms. The molecule has 1 unspecified atom stereocenters. The van der Waals surface area contributed by atoms with Crippen molar-refractivity contribution in [1.29, 1.82) is 0 Å². The van der Waals surface area contributed by atoms with Gasteiger partial charge in [-0.05, 0) is 17.6 Å². The van der Waals surface area contributed by atoms with Gasteiger partial charge in [0.25, 0.3) is 0 Å². The van der Waals surface area contributed by atoms with Gasteiger partial charge in [0.1, 0.15) is 0 Å².